The molecule has 7 nitrogen and oxygen atoms in total. The number of hydrogen-bond donors (Lipinski definition) is 2. The second-order valence-corrected chi connectivity index (χ2v) is 8.53. The van der Waals surface area contributed by atoms with Crippen molar-refractivity contribution in [2.75, 3.05) is 13.2 Å². The molecule has 1 atom stereocenters. The van der Waals surface area contributed by atoms with E-state index in [1.807, 2.05) is 0 Å². The molecule has 3 rings (SSSR count). The highest BCUT2D eigenvalue weighted by molar-refractivity contribution is 5.98. The lowest BCUT2D eigenvalue weighted by molar-refractivity contribution is -0.134. The number of halogens is 3. The number of rotatable bonds is 11. The Hall–Kier alpha value is -2.82. The number of fused-ring (bicyclic) bond motifs is 1. The summed E-state index contributed by atoms with van der Waals surface area (Å²) in [5.41, 5.74) is 1.30. The number of carbonyl (C=O) groups is 1. The minimum Gasteiger partial charge on any atom is -0.475 e. The van der Waals surface area contributed by atoms with Gasteiger partial charge < -0.3 is 19.7 Å². The lowest BCUT2D eigenvalue weighted by Gasteiger charge is -2.29. The second-order valence-electron chi connectivity index (χ2n) is 8.53. The molecule has 2 N–H and O–H groups in total. The van der Waals surface area contributed by atoms with Crippen LogP contribution in [0.1, 0.15) is 54.3 Å². The van der Waals surface area contributed by atoms with Gasteiger partial charge >= 0.3 is 6.61 Å². The number of Topliss-reactive ketones (excluding diaryl/α,β-unsaturated/α-hetero) is 1. The molecule has 1 aromatic heterocycles. The summed E-state index contributed by atoms with van der Waals surface area (Å²) in [4.78, 5) is 21.5. The predicted molar refractivity (Wildman–Crippen MR) is 117 cm³/mol. The summed E-state index contributed by atoms with van der Waals surface area (Å²) in [5, 5.41) is 20.4. The molecule has 34 heavy (non-hydrogen) atoms. The van der Waals surface area contributed by atoms with Crippen LogP contribution in [-0.2, 0) is 33.8 Å². The minimum absolute atomic E-state index is 0.0113. The van der Waals surface area contributed by atoms with E-state index >= 15 is 0 Å². The molecule has 0 unspecified atom stereocenters. The van der Waals surface area contributed by atoms with Crippen LogP contribution in [0, 0.1) is 5.82 Å². The number of benzene rings is 1. The Kier molecular flexibility index (Phi) is 8.40. The van der Waals surface area contributed by atoms with E-state index in [-0.39, 0.29) is 50.0 Å². The van der Waals surface area contributed by atoms with Crippen molar-refractivity contribution in [1.29, 1.82) is 0 Å². The fourth-order valence-electron chi connectivity index (χ4n) is 3.91. The molecule has 2 aromatic rings. The minimum atomic E-state index is -2.89. The standard InChI is InChI=1S/C24H27F3N2O5/c1-24(2,32)19(14-3-5-16(25)6-4-14)11-18(31)10-17-9-15-12-28-22(21(15)20(13-30)29-17)33-7-8-34-23(26)27/h3-6,9,19,23,30,32H,7-8,10-13H2,1-2H3/t19-/m0/s1. The molecule has 1 aliphatic rings. The maximum atomic E-state index is 13.3. The van der Waals surface area contributed by atoms with E-state index in [1.165, 1.54) is 12.1 Å². The maximum Gasteiger partial charge on any atom is 0.345 e. The fourth-order valence-corrected chi connectivity index (χ4v) is 3.91. The Bertz CT molecular complexity index is 1040. The Labute approximate surface area is 195 Å². The molecule has 0 amide bonds. The largest absolute Gasteiger partial charge is 0.475 e. The highest BCUT2D eigenvalue weighted by atomic mass is 19.3. The molecule has 0 saturated carbocycles. The van der Waals surface area contributed by atoms with Crippen molar-refractivity contribution in [3.63, 3.8) is 0 Å². The van der Waals surface area contributed by atoms with Crippen molar-refractivity contribution in [1.82, 2.24) is 4.98 Å². The van der Waals surface area contributed by atoms with Gasteiger partial charge in [0, 0.05) is 24.5 Å². The number of aromatic nitrogens is 1. The molecule has 1 aromatic carbocycles. The van der Waals surface area contributed by atoms with Gasteiger partial charge in [0.15, 0.2) is 0 Å². The summed E-state index contributed by atoms with van der Waals surface area (Å²) in [6, 6.07) is 7.36. The molecular formula is C24H27F3N2O5. The van der Waals surface area contributed by atoms with Crippen molar-refractivity contribution in [3.8, 4) is 0 Å². The van der Waals surface area contributed by atoms with Crippen LogP contribution >= 0.6 is 0 Å². The fraction of sp³-hybridized carbons (Fsp3) is 0.458. The van der Waals surface area contributed by atoms with Crippen molar-refractivity contribution >= 4 is 11.7 Å². The van der Waals surface area contributed by atoms with Gasteiger partial charge in [0.05, 0.1) is 36.6 Å². The SMILES string of the molecule is CC(C)(O)[C@@H](CC(=O)Cc1cc2c(c(CO)n1)C(OCCOC(F)F)=NC2)c1ccc(F)cc1. The Morgan fingerprint density at radius 2 is 1.91 bits per heavy atom. The number of alkyl halides is 2. The quantitative estimate of drug-likeness (QED) is 0.479. The highest BCUT2D eigenvalue weighted by Crippen LogP contribution is 2.32. The van der Waals surface area contributed by atoms with Crippen LogP contribution in [0.15, 0.2) is 35.3 Å². The normalized spacial score (nSPS) is 14.2. The van der Waals surface area contributed by atoms with Crippen LogP contribution in [0.3, 0.4) is 0 Å². The molecule has 0 fully saturated rings. The zero-order valence-corrected chi connectivity index (χ0v) is 18.9. The van der Waals surface area contributed by atoms with Crippen molar-refractivity contribution in [3.05, 3.63) is 64.2 Å². The van der Waals surface area contributed by atoms with Crippen molar-refractivity contribution in [2.45, 2.75) is 58.0 Å². The van der Waals surface area contributed by atoms with Gasteiger partial charge in [0.25, 0.3) is 0 Å². The maximum absolute atomic E-state index is 13.3. The average molecular weight is 480 g/mol. The molecule has 184 valence electrons. The van der Waals surface area contributed by atoms with E-state index in [1.54, 1.807) is 32.0 Å². The van der Waals surface area contributed by atoms with Gasteiger partial charge in [-0.1, -0.05) is 12.1 Å². The van der Waals surface area contributed by atoms with Crippen LogP contribution < -0.4 is 0 Å². The average Bonchev–Trinajstić information content (AvgIpc) is 3.17. The molecule has 10 heteroatoms. The van der Waals surface area contributed by atoms with Gasteiger partial charge in [-0.3, -0.25) is 9.78 Å². The highest BCUT2D eigenvalue weighted by Gasteiger charge is 2.31. The van der Waals surface area contributed by atoms with E-state index in [0.717, 1.165) is 0 Å². The monoisotopic (exact) mass is 480 g/mol. The molecule has 1 aliphatic heterocycles. The molecule has 0 spiro atoms. The van der Waals surface area contributed by atoms with E-state index in [9.17, 15) is 28.2 Å². The summed E-state index contributed by atoms with van der Waals surface area (Å²) < 4.78 is 47.1. The number of pyridine rings is 1. The zero-order chi connectivity index (χ0) is 24.9. The zero-order valence-electron chi connectivity index (χ0n) is 18.9. The number of ketones is 1. The lowest BCUT2D eigenvalue weighted by Crippen LogP contribution is -2.31. The van der Waals surface area contributed by atoms with E-state index in [0.29, 0.717) is 22.4 Å². The molecule has 0 bridgehead atoms. The second kappa shape index (κ2) is 11.1. The van der Waals surface area contributed by atoms with Crippen LogP contribution in [0.4, 0.5) is 13.2 Å². The Morgan fingerprint density at radius 1 is 1.21 bits per heavy atom. The molecule has 2 heterocycles. The first-order valence-corrected chi connectivity index (χ1v) is 10.8. The number of aliphatic hydroxyl groups excluding tert-OH is 1. The number of nitrogens with zero attached hydrogens (tertiary/aromatic N) is 2. The summed E-state index contributed by atoms with van der Waals surface area (Å²) in [6.45, 7) is -0.364. The Morgan fingerprint density at radius 3 is 2.53 bits per heavy atom. The third-order valence-corrected chi connectivity index (χ3v) is 5.49. The van der Waals surface area contributed by atoms with Gasteiger partial charge in [-0.15, -0.1) is 0 Å². The molecule has 0 saturated heterocycles. The van der Waals surface area contributed by atoms with E-state index < -0.39 is 30.6 Å². The van der Waals surface area contributed by atoms with Crippen molar-refractivity contribution < 1.29 is 37.7 Å². The number of ether oxygens (including phenoxy) is 2. The third kappa shape index (κ3) is 6.62. The van der Waals surface area contributed by atoms with Crippen LogP contribution in [0.25, 0.3) is 0 Å². The smallest absolute Gasteiger partial charge is 0.345 e. The van der Waals surface area contributed by atoms with Crippen LogP contribution in [0.5, 0.6) is 0 Å². The predicted octanol–water partition coefficient (Wildman–Crippen LogP) is 3.29. The summed E-state index contributed by atoms with van der Waals surface area (Å²) in [6.07, 6.45) is -0.0240. The van der Waals surface area contributed by atoms with Gasteiger partial charge in [-0.2, -0.15) is 8.78 Å². The van der Waals surface area contributed by atoms with Gasteiger partial charge in [-0.25, -0.2) is 9.38 Å². The number of aliphatic imine (C=N–C) groups is 1. The van der Waals surface area contributed by atoms with Crippen LogP contribution in [0.2, 0.25) is 0 Å². The third-order valence-electron chi connectivity index (χ3n) is 5.49. The van der Waals surface area contributed by atoms with Gasteiger partial charge in [0.2, 0.25) is 5.90 Å². The number of hydrogen-bond acceptors (Lipinski definition) is 7. The van der Waals surface area contributed by atoms with Gasteiger partial charge in [-0.05, 0) is 43.2 Å². The van der Waals surface area contributed by atoms with Gasteiger partial charge in [0.1, 0.15) is 18.2 Å². The van der Waals surface area contributed by atoms with Crippen molar-refractivity contribution in [2.24, 2.45) is 4.99 Å². The topological polar surface area (TPSA) is 101 Å². The molecular weight excluding hydrogens is 453 g/mol. The summed E-state index contributed by atoms with van der Waals surface area (Å²) in [5.74, 6) is -0.963. The van der Waals surface area contributed by atoms with E-state index in [2.05, 4.69) is 14.7 Å². The first-order valence-electron chi connectivity index (χ1n) is 10.8. The summed E-state index contributed by atoms with van der Waals surface area (Å²) >= 11 is 0. The number of carbonyl (C=O) groups excluding carboxylic acids is 1. The van der Waals surface area contributed by atoms with Crippen LogP contribution in [-0.4, -0.2) is 52.3 Å². The Balaban J connectivity index is 1.71. The number of aliphatic hydroxyl groups is 2. The molecule has 0 aliphatic carbocycles. The summed E-state index contributed by atoms with van der Waals surface area (Å²) in [7, 11) is 0. The first-order chi connectivity index (χ1) is 16.1. The molecule has 0 radical (unpaired) electrons. The lowest BCUT2D eigenvalue weighted by atomic mass is 9.80. The first kappa shape index (κ1) is 25.8. The van der Waals surface area contributed by atoms with E-state index in [4.69, 9.17) is 4.74 Å².